The van der Waals surface area contributed by atoms with Crippen LogP contribution in [0.2, 0.25) is 0 Å². The van der Waals surface area contributed by atoms with Crippen molar-refractivity contribution in [3.63, 3.8) is 0 Å². The molecule has 0 atom stereocenters. The quantitative estimate of drug-likeness (QED) is 0.822. The summed E-state index contributed by atoms with van der Waals surface area (Å²) in [5.41, 5.74) is 4.14. The molecule has 19 heavy (non-hydrogen) atoms. The maximum Gasteiger partial charge on any atom is 0.0655 e. The first-order valence-corrected chi connectivity index (χ1v) is 7.26. The van der Waals surface area contributed by atoms with Crippen molar-refractivity contribution in [3.05, 3.63) is 34.9 Å². The fourth-order valence-electron chi connectivity index (χ4n) is 3.07. The molecule has 2 heteroatoms. The summed E-state index contributed by atoms with van der Waals surface area (Å²) in [5.74, 6) is 0.297. The predicted octanol–water partition coefficient (Wildman–Crippen LogP) is 3.82. The Morgan fingerprint density at radius 1 is 1.21 bits per heavy atom. The number of nitrogens with zero attached hydrogens (tertiary/aromatic N) is 2. The highest BCUT2D eigenvalue weighted by Gasteiger charge is 2.23. The van der Waals surface area contributed by atoms with Crippen LogP contribution in [0.25, 0.3) is 0 Å². The van der Waals surface area contributed by atoms with Gasteiger partial charge in [0.25, 0.3) is 0 Å². The fraction of sp³-hybridized carbons (Fsp3) is 0.588. The van der Waals surface area contributed by atoms with Crippen molar-refractivity contribution in [1.29, 1.82) is 5.26 Å². The molecule has 0 heterocycles. The summed E-state index contributed by atoms with van der Waals surface area (Å²) in [6.07, 6.45) is 4.47. The topological polar surface area (TPSA) is 27.0 Å². The number of nitriles is 1. The molecule has 0 saturated heterocycles. The van der Waals surface area contributed by atoms with E-state index in [1.54, 1.807) is 0 Å². The van der Waals surface area contributed by atoms with Crippen LogP contribution in [0.15, 0.2) is 18.2 Å². The SMILES string of the molecule is Cc1ccc(CN(C)C2CCC(C#N)CC2)c(C)c1. The molecule has 1 fully saturated rings. The highest BCUT2D eigenvalue weighted by atomic mass is 15.1. The van der Waals surface area contributed by atoms with Crippen LogP contribution in [-0.4, -0.2) is 18.0 Å². The summed E-state index contributed by atoms with van der Waals surface area (Å²) >= 11 is 0. The van der Waals surface area contributed by atoms with E-state index in [1.807, 2.05) is 0 Å². The molecule has 0 spiro atoms. The lowest BCUT2D eigenvalue weighted by atomic mass is 9.86. The fourth-order valence-corrected chi connectivity index (χ4v) is 3.07. The first kappa shape index (κ1) is 14.1. The second-order valence-corrected chi connectivity index (χ2v) is 5.98. The third kappa shape index (κ3) is 3.58. The Hall–Kier alpha value is -1.33. The molecule has 0 aromatic heterocycles. The Balaban J connectivity index is 1.94. The van der Waals surface area contributed by atoms with Crippen LogP contribution in [-0.2, 0) is 6.54 Å². The molecule has 0 bridgehead atoms. The van der Waals surface area contributed by atoms with Crippen molar-refractivity contribution < 1.29 is 0 Å². The summed E-state index contributed by atoms with van der Waals surface area (Å²) < 4.78 is 0. The van der Waals surface area contributed by atoms with Gasteiger partial charge in [-0.05, 0) is 57.7 Å². The summed E-state index contributed by atoms with van der Waals surface area (Å²) in [4.78, 5) is 2.46. The maximum absolute atomic E-state index is 8.95. The molecule has 1 aromatic rings. The van der Waals surface area contributed by atoms with Crippen molar-refractivity contribution in [3.8, 4) is 6.07 Å². The van der Waals surface area contributed by atoms with Crippen LogP contribution >= 0.6 is 0 Å². The summed E-state index contributed by atoms with van der Waals surface area (Å²) in [7, 11) is 2.22. The number of rotatable bonds is 3. The van der Waals surface area contributed by atoms with Gasteiger partial charge in [-0.3, -0.25) is 4.90 Å². The molecule has 1 aliphatic carbocycles. The van der Waals surface area contributed by atoms with Crippen molar-refractivity contribution in [2.75, 3.05) is 7.05 Å². The van der Waals surface area contributed by atoms with Gasteiger partial charge in [-0.2, -0.15) is 5.26 Å². The second kappa shape index (κ2) is 6.21. The van der Waals surface area contributed by atoms with Crippen LogP contribution in [0, 0.1) is 31.1 Å². The van der Waals surface area contributed by atoms with E-state index in [0.717, 1.165) is 19.4 Å². The molecule has 2 rings (SSSR count). The molecular weight excluding hydrogens is 232 g/mol. The van der Waals surface area contributed by atoms with Gasteiger partial charge >= 0.3 is 0 Å². The average molecular weight is 256 g/mol. The van der Waals surface area contributed by atoms with E-state index >= 15 is 0 Å². The zero-order valence-electron chi connectivity index (χ0n) is 12.3. The zero-order valence-corrected chi connectivity index (χ0v) is 12.3. The molecule has 0 unspecified atom stereocenters. The first-order chi connectivity index (χ1) is 9.10. The van der Waals surface area contributed by atoms with Crippen molar-refractivity contribution >= 4 is 0 Å². The van der Waals surface area contributed by atoms with Crippen LogP contribution < -0.4 is 0 Å². The van der Waals surface area contributed by atoms with E-state index < -0.39 is 0 Å². The van der Waals surface area contributed by atoms with Gasteiger partial charge in [0.05, 0.1) is 6.07 Å². The Kier molecular flexibility index (Phi) is 4.61. The number of benzene rings is 1. The molecule has 1 aromatic carbocycles. The number of hydrogen-bond acceptors (Lipinski definition) is 2. The standard InChI is InChI=1S/C17H24N2/c1-13-4-7-16(14(2)10-13)12-19(3)17-8-5-15(11-18)6-9-17/h4,7,10,15,17H,5-6,8-9,12H2,1-3H3. The average Bonchev–Trinajstić information content (AvgIpc) is 2.42. The summed E-state index contributed by atoms with van der Waals surface area (Å²) in [5, 5.41) is 8.95. The monoisotopic (exact) mass is 256 g/mol. The molecule has 102 valence electrons. The van der Waals surface area contributed by atoms with Crippen molar-refractivity contribution in [1.82, 2.24) is 4.90 Å². The van der Waals surface area contributed by atoms with Gasteiger partial charge < -0.3 is 0 Å². The van der Waals surface area contributed by atoms with Gasteiger partial charge in [0.15, 0.2) is 0 Å². The van der Waals surface area contributed by atoms with Crippen LogP contribution in [0.3, 0.4) is 0 Å². The van der Waals surface area contributed by atoms with E-state index in [1.165, 1.54) is 29.5 Å². The Labute approximate surface area is 117 Å². The zero-order chi connectivity index (χ0) is 13.8. The molecule has 0 radical (unpaired) electrons. The minimum absolute atomic E-state index is 0.297. The third-order valence-corrected chi connectivity index (χ3v) is 4.42. The predicted molar refractivity (Wildman–Crippen MR) is 78.7 cm³/mol. The smallest absolute Gasteiger partial charge is 0.0655 e. The van der Waals surface area contributed by atoms with Gasteiger partial charge in [-0.1, -0.05) is 23.8 Å². The molecule has 0 N–H and O–H groups in total. The number of aryl methyl sites for hydroxylation is 2. The largest absolute Gasteiger partial charge is 0.299 e. The normalized spacial score (nSPS) is 23.3. The molecular formula is C17H24N2. The third-order valence-electron chi connectivity index (χ3n) is 4.42. The molecule has 1 saturated carbocycles. The molecule has 1 aliphatic rings. The van der Waals surface area contributed by atoms with E-state index in [9.17, 15) is 0 Å². The van der Waals surface area contributed by atoms with Crippen molar-refractivity contribution in [2.24, 2.45) is 5.92 Å². The van der Waals surface area contributed by atoms with E-state index in [0.29, 0.717) is 12.0 Å². The number of hydrogen-bond donors (Lipinski definition) is 0. The van der Waals surface area contributed by atoms with Gasteiger partial charge in [-0.25, -0.2) is 0 Å². The Morgan fingerprint density at radius 2 is 1.89 bits per heavy atom. The molecule has 0 aliphatic heterocycles. The molecule has 0 amide bonds. The Bertz CT molecular complexity index is 465. The highest BCUT2D eigenvalue weighted by molar-refractivity contribution is 5.30. The minimum atomic E-state index is 0.297. The van der Waals surface area contributed by atoms with Gasteiger partial charge in [0.1, 0.15) is 0 Å². The highest BCUT2D eigenvalue weighted by Crippen LogP contribution is 2.27. The second-order valence-electron chi connectivity index (χ2n) is 5.98. The van der Waals surface area contributed by atoms with Gasteiger partial charge in [-0.15, -0.1) is 0 Å². The van der Waals surface area contributed by atoms with Crippen LogP contribution in [0.1, 0.15) is 42.4 Å². The van der Waals surface area contributed by atoms with Gasteiger partial charge in [0.2, 0.25) is 0 Å². The summed E-state index contributed by atoms with van der Waals surface area (Å²) in [6.45, 7) is 5.36. The Morgan fingerprint density at radius 3 is 2.47 bits per heavy atom. The first-order valence-electron chi connectivity index (χ1n) is 7.26. The van der Waals surface area contributed by atoms with Gasteiger partial charge in [0, 0.05) is 18.5 Å². The lowest BCUT2D eigenvalue weighted by Crippen LogP contribution is -2.34. The van der Waals surface area contributed by atoms with E-state index in [2.05, 4.69) is 50.1 Å². The minimum Gasteiger partial charge on any atom is -0.299 e. The maximum atomic E-state index is 8.95. The van der Waals surface area contributed by atoms with Crippen LogP contribution in [0.5, 0.6) is 0 Å². The van der Waals surface area contributed by atoms with E-state index in [-0.39, 0.29) is 0 Å². The lowest BCUT2D eigenvalue weighted by Gasteiger charge is -2.33. The summed E-state index contributed by atoms with van der Waals surface area (Å²) in [6, 6.07) is 9.76. The van der Waals surface area contributed by atoms with Crippen molar-refractivity contribution in [2.45, 2.75) is 52.1 Å². The molecule has 2 nitrogen and oxygen atoms in total. The van der Waals surface area contributed by atoms with E-state index in [4.69, 9.17) is 5.26 Å². The van der Waals surface area contributed by atoms with Crippen LogP contribution in [0.4, 0.5) is 0 Å². The lowest BCUT2D eigenvalue weighted by molar-refractivity contribution is 0.171.